The van der Waals surface area contributed by atoms with Gasteiger partial charge >= 0.3 is 0 Å². The first kappa shape index (κ1) is 17.8. The topological polar surface area (TPSA) is 132 Å². The van der Waals surface area contributed by atoms with Crippen molar-refractivity contribution in [2.24, 2.45) is 0 Å². The van der Waals surface area contributed by atoms with E-state index in [0.29, 0.717) is 33.8 Å². The number of benzene rings is 3. The molecule has 0 saturated carbocycles. The van der Waals surface area contributed by atoms with E-state index in [-0.39, 0.29) is 0 Å². The molecule has 0 saturated heterocycles. The fourth-order valence-corrected chi connectivity index (χ4v) is 4.40. The van der Waals surface area contributed by atoms with E-state index in [1.165, 1.54) is 0 Å². The Morgan fingerprint density at radius 1 is 0.577 bits per heavy atom. The molecule has 0 aliphatic carbocycles. The molecule has 7 heteroatoms. The van der Waals surface area contributed by atoms with E-state index in [4.69, 9.17) is 17.2 Å². The molecule has 0 aliphatic heterocycles. The molecule has 0 aliphatic rings. The van der Waals surface area contributed by atoms with E-state index in [9.17, 15) is 13.0 Å². The van der Waals surface area contributed by atoms with Gasteiger partial charge in [-0.25, -0.2) is 0 Å². The number of anilines is 3. The van der Waals surface area contributed by atoms with Gasteiger partial charge in [-0.15, -0.1) is 0 Å². The summed E-state index contributed by atoms with van der Waals surface area (Å²) in [5.74, 6) is 0. The lowest BCUT2D eigenvalue weighted by Gasteiger charge is -2.32. The Kier molecular flexibility index (Phi) is 4.35. The maximum Gasteiger partial charge on any atom is 0.283 e. The lowest BCUT2D eigenvalue weighted by atomic mass is 9.83. The van der Waals surface area contributed by atoms with Crippen molar-refractivity contribution in [3.63, 3.8) is 0 Å². The summed E-state index contributed by atoms with van der Waals surface area (Å²) in [5.41, 5.74) is 19.7. The van der Waals surface area contributed by atoms with Crippen LogP contribution in [0.15, 0.2) is 72.8 Å². The van der Waals surface area contributed by atoms with Gasteiger partial charge in [-0.2, -0.15) is 8.42 Å². The second-order valence-electron chi connectivity index (χ2n) is 6.02. The monoisotopic (exact) mass is 369 g/mol. The summed E-state index contributed by atoms with van der Waals surface area (Å²) >= 11 is 0. The molecule has 0 spiro atoms. The highest BCUT2D eigenvalue weighted by atomic mass is 32.2. The molecule has 0 radical (unpaired) electrons. The van der Waals surface area contributed by atoms with Crippen molar-refractivity contribution < 1.29 is 13.0 Å². The maximum atomic E-state index is 12.8. The Hall–Kier alpha value is -3.03. The van der Waals surface area contributed by atoms with Gasteiger partial charge in [-0.1, -0.05) is 36.4 Å². The van der Waals surface area contributed by atoms with E-state index in [2.05, 4.69) is 0 Å². The van der Waals surface area contributed by atoms with Gasteiger partial charge in [0.25, 0.3) is 10.1 Å². The summed E-state index contributed by atoms with van der Waals surface area (Å²) in [4.78, 5) is 0. The largest absolute Gasteiger partial charge is 0.399 e. The quantitative estimate of drug-likeness (QED) is 0.317. The van der Waals surface area contributed by atoms with Crippen LogP contribution in [0.1, 0.15) is 16.7 Å². The normalized spacial score (nSPS) is 12.0. The first-order valence-electron chi connectivity index (χ1n) is 7.80. The zero-order chi connectivity index (χ0) is 18.9. The van der Waals surface area contributed by atoms with Crippen LogP contribution >= 0.6 is 0 Å². The van der Waals surface area contributed by atoms with Gasteiger partial charge in [-0.05, 0) is 53.1 Å². The predicted molar refractivity (Wildman–Crippen MR) is 104 cm³/mol. The molecule has 134 valence electrons. The molecule has 0 aromatic heterocycles. The Bertz CT molecular complexity index is 902. The van der Waals surface area contributed by atoms with Crippen LogP contribution < -0.4 is 17.2 Å². The summed E-state index contributed by atoms with van der Waals surface area (Å²) < 4.78 is 34.1. The average Bonchev–Trinajstić information content (AvgIpc) is 2.59. The minimum absolute atomic E-state index is 0.351. The molecule has 3 aromatic carbocycles. The molecule has 0 atom stereocenters. The van der Waals surface area contributed by atoms with Gasteiger partial charge in [0.2, 0.25) is 0 Å². The van der Waals surface area contributed by atoms with Gasteiger partial charge in [-0.3, -0.25) is 4.55 Å². The lowest BCUT2D eigenvalue weighted by Crippen LogP contribution is -2.38. The Labute approximate surface area is 152 Å². The third-order valence-corrected chi connectivity index (χ3v) is 5.82. The van der Waals surface area contributed by atoms with Gasteiger partial charge in [0, 0.05) is 17.1 Å². The van der Waals surface area contributed by atoms with Crippen LogP contribution in [0, 0.1) is 0 Å². The second-order valence-corrected chi connectivity index (χ2v) is 7.58. The summed E-state index contributed by atoms with van der Waals surface area (Å²) in [6, 6.07) is 19.0. The van der Waals surface area contributed by atoms with Crippen LogP contribution in [0.25, 0.3) is 0 Å². The van der Waals surface area contributed by atoms with Crippen molar-refractivity contribution in [3.05, 3.63) is 89.5 Å². The number of nitrogen functional groups attached to an aromatic ring is 3. The molecule has 3 aromatic rings. The molecule has 0 heterocycles. The minimum Gasteiger partial charge on any atom is -0.399 e. The van der Waals surface area contributed by atoms with Crippen molar-refractivity contribution >= 4 is 27.2 Å². The molecule has 0 bridgehead atoms. The summed E-state index contributed by atoms with van der Waals surface area (Å²) in [5, 5.41) is 0. The van der Waals surface area contributed by atoms with Crippen molar-refractivity contribution in [3.8, 4) is 0 Å². The number of rotatable bonds is 4. The zero-order valence-corrected chi connectivity index (χ0v) is 14.6. The fraction of sp³-hybridized carbons (Fsp3) is 0.0526. The Morgan fingerprint density at radius 3 is 1.00 bits per heavy atom. The number of hydrogen-bond acceptors (Lipinski definition) is 5. The Morgan fingerprint density at radius 2 is 0.808 bits per heavy atom. The standard InChI is InChI=1S/C19H19N3O3S/c20-16-7-1-13(2-8-16)19(26(23,24)25,14-3-9-17(21)10-4-14)15-5-11-18(22)12-6-15/h1-12H,20-22H2,(H,23,24,25). The number of hydrogen-bond donors (Lipinski definition) is 4. The molecular weight excluding hydrogens is 350 g/mol. The third kappa shape index (κ3) is 2.87. The second kappa shape index (κ2) is 6.36. The molecule has 3 rings (SSSR count). The van der Waals surface area contributed by atoms with Gasteiger partial charge < -0.3 is 17.2 Å². The third-order valence-electron chi connectivity index (χ3n) is 4.34. The highest BCUT2D eigenvalue weighted by Crippen LogP contribution is 2.44. The van der Waals surface area contributed by atoms with E-state index >= 15 is 0 Å². The van der Waals surface area contributed by atoms with Crippen molar-refractivity contribution in [2.75, 3.05) is 17.2 Å². The number of nitrogens with two attached hydrogens (primary N) is 3. The highest BCUT2D eigenvalue weighted by molar-refractivity contribution is 7.87. The fourth-order valence-electron chi connectivity index (χ4n) is 3.10. The zero-order valence-electron chi connectivity index (χ0n) is 13.8. The Balaban J connectivity index is 2.44. The van der Waals surface area contributed by atoms with E-state index in [1.54, 1.807) is 72.8 Å². The van der Waals surface area contributed by atoms with Crippen molar-refractivity contribution in [1.82, 2.24) is 0 Å². The molecular formula is C19H19N3O3S. The maximum absolute atomic E-state index is 12.8. The molecule has 26 heavy (non-hydrogen) atoms. The molecule has 6 nitrogen and oxygen atoms in total. The van der Waals surface area contributed by atoms with E-state index in [1.807, 2.05) is 0 Å². The first-order chi connectivity index (χ1) is 12.2. The molecule has 0 amide bonds. The van der Waals surface area contributed by atoms with Crippen LogP contribution in [-0.2, 0) is 14.9 Å². The van der Waals surface area contributed by atoms with E-state index in [0.717, 1.165) is 0 Å². The predicted octanol–water partition coefficient (Wildman–Crippen LogP) is 2.61. The van der Waals surface area contributed by atoms with Gasteiger partial charge in [0.1, 0.15) is 0 Å². The summed E-state index contributed by atoms with van der Waals surface area (Å²) in [6.45, 7) is 0. The summed E-state index contributed by atoms with van der Waals surface area (Å²) in [6.07, 6.45) is 0. The average molecular weight is 369 g/mol. The van der Waals surface area contributed by atoms with Crippen molar-refractivity contribution in [1.29, 1.82) is 0 Å². The van der Waals surface area contributed by atoms with Crippen LogP contribution in [-0.4, -0.2) is 13.0 Å². The smallest absolute Gasteiger partial charge is 0.283 e. The highest BCUT2D eigenvalue weighted by Gasteiger charge is 2.48. The SMILES string of the molecule is Nc1ccc(C(c2ccc(N)cc2)(c2ccc(N)cc2)S(=O)(=O)O)cc1. The van der Waals surface area contributed by atoms with Crippen LogP contribution in [0.3, 0.4) is 0 Å². The van der Waals surface area contributed by atoms with Gasteiger partial charge in [0.05, 0.1) is 0 Å². The summed E-state index contributed by atoms with van der Waals surface area (Å²) in [7, 11) is -4.65. The van der Waals surface area contributed by atoms with Crippen LogP contribution in [0.4, 0.5) is 17.1 Å². The van der Waals surface area contributed by atoms with Crippen LogP contribution in [0.5, 0.6) is 0 Å². The van der Waals surface area contributed by atoms with Crippen molar-refractivity contribution in [2.45, 2.75) is 4.75 Å². The first-order valence-corrected chi connectivity index (χ1v) is 9.24. The lowest BCUT2D eigenvalue weighted by molar-refractivity contribution is 0.459. The van der Waals surface area contributed by atoms with Crippen LogP contribution in [0.2, 0.25) is 0 Å². The van der Waals surface area contributed by atoms with Gasteiger partial charge in [0.15, 0.2) is 4.75 Å². The minimum atomic E-state index is -4.65. The molecule has 0 unspecified atom stereocenters. The van der Waals surface area contributed by atoms with E-state index < -0.39 is 14.9 Å². The molecule has 7 N–H and O–H groups in total. The molecule has 0 fully saturated rings.